The maximum Gasteiger partial charge on any atom is 0.416 e. The third kappa shape index (κ3) is 4.74. The van der Waals surface area contributed by atoms with Gasteiger partial charge in [0.05, 0.1) is 22.6 Å². The van der Waals surface area contributed by atoms with E-state index in [2.05, 4.69) is 15.6 Å². The van der Waals surface area contributed by atoms with Crippen LogP contribution in [0.5, 0.6) is 0 Å². The molecule has 3 rings (SSSR count). The average Bonchev–Trinajstić information content (AvgIpc) is 2.99. The quantitative estimate of drug-likeness (QED) is 0.677. The summed E-state index contributed by atoms with van der Waals surface area (Å²) in [5.41, 5.74) is 0.527. The Morgan fingerprint density at radius 2 is 1.86 bits per heavy atom. The van der Waals surface area contributed by atoms with Crippen LogP contribution in [0.4, 0.5) is 18.9 Å². The highest BCUT2D eigenvalue weighted by atomic mass is 19.4. The Morgan fingerprint density at radius 3 is 2.55 bits per heavy atom. The lowest BCUT2D eigenvalue weighted by atomic mass is 10.2. The zero-order chi connectivity index (χ0) is 21.2. The van der Waals surface area contributed by atoms with Crippen LogP contribution in [-0.4, -0.2) is 21.4 Å². The highest BCUT2D eigenvalue weighted by Crippen LogP contribution is 2.30. The molecule has 1 aromatic heterocycles. The fourth-order valence-corrected chi connectivity index (χ4v) is 3.08. The van der Waals surface area contributed by atoms with Gasteiger partial charge in [-0.2, -0.15) is 13.2 Å². The summed E-state index contributed by atoms with van der Waals surface area (Å²) < 4.78 is 40.3. The van der Waals surface area contributed by atoms with Crippen LogP contribution in [0.15, 0.2) is 48.5 Å². The van der Waals surface area contributed by atoms with Crippen molar-refractivity contribution in [3.8, 4) is 0 Å². The van der Waals surface area contributed by atoms with Crippen LogP contribution in [0.2, 0.25) is 0 Å². The van der Waals surface area contributed by atoms with Crippen molar-refractivity contribution in [1.29, 1.82) is 0 Å². The molecule has 6 nitrogen and oxygen atoms in total. The highest BCUT2D eigenvalue weighted by Gasteiger charge is 2.30. The van der Waals surface area contributed by atoms with Gasteiger partial charge in [-0.05, 0) is 37.3 Å². The normalized spacial score (nSPS) is 12.6. The van der Waals surface area contributed by atoms with Crippen molar-refractivity contribution < 1.29 is 22.8 Å². The molecule has 2 N–H and O–H groups in total. The predicted octanol–water partition coefficient (Wildman–Crippen LogP) is 3.89. The SMILES string of the molecule is CC(=O)NC(C)c1nc2ccccc2n1CC(=O)Nc1cccc(C(F)(F)F)c1. The first kappa shape index (κ1) is 20.4. The molecule has 0 fully saturated rings. The Kier molecular flexibility index (Phi) is 5.58. The van der Waals surface area contributed by atoms with E-state index in [1.54, 1.807) is 35.8 Å². The van der Waals surface area contributed by atoms with Gasteiger partial charge in [0.2, 0.25) is 11.8 Å². The first-order valence-corrected chi connectivity index (χ1v) is 8.84. The molecule has 2 aromatic carbocycles. The van der Waals surface area contributed by atoms with Crippen molar-refractivity contribution in [2.24, 2.45) is 0 Å². The molecule has 1 atom stereocenters. The molecule has 1 heterocycles. The predicted molar refractivity (Wildman–Crippen MR) is 102 cm³/mol. The summed E-state index contributed by atoms with van der Waals surface area (Å²) in [4.78, 5) is 28.5. The second-order valence-corrected chi connectivity index (χ2v) is 6.59. The van der Waals surface area contributed by atoms with Crippen molar-refractivity contribution in [3.63, 3.8) is 0 Å². The number of hydrogen-bond acceptors (Lipinski definition) is 3. The van der Waals surface area contributed by atoms with Crippen LogP contribution in [-0.2, 0) is 22.3 Å². The van der Waals surface area contributed by atoms with E-state index in [0.717, 1.165) is 12.1 Å². The van der Waals surface area contributed by atoms with Gasteiger partial charge in [-0.3, -0.25) is 9.59 Å². The Labute approximate surface area is 164 Å². The number of hydrogen-bond donors (Lipinski definition) is 2. The molecule has 9 heteroatoms. The molecule has 0 saturated carbocycles. The summed E-state index contributed by atoms with van der Waals surface area (Å²) in [6.45, 7) is 2.95. The van der Waals surface area contributed by atoms with E-state index in [4.69, 9.17) is 0 Å². The summed E-state index contributed by atoms with van der Waals surface area (Å²) in [7, 11) is 0. The van der Waals surface area contributed by atoms with E-state index >= 15 is 0 Å². The average molecular weight is 404 g/mol. The van der Waals surface area contributed by atoms with Crippen molar-refractivity contribution in [3.05, 3.63) is 59.9 Å². The van der Waals surface area contributed by atoms with Gasteiger partial charge < -0.3 is 15.2 Å². The maximum atomic E-state index is 12.9. The monoisotopic (exact) mass is 404 g/mol. The second-order valence-electron chi connectivity index (χ2n) is 6.59. The summed E-state index contributed by atoms with van der Waals surface area (Å²) >= 11 is 0. The van der Waals surface area contributed by atoms with Crippen molar-refractivity contribution >= 4 is 28.5 Å². The number of anilines is 1. The molecule has 29 heavy (non-hydrogen) atoms. The third-order valence-corrected chi connectivity index (χ3v) is 4.27. The Morgan fingerprint density at radius 1 is 1.14 bits per heavy atom. The summed E-state index contributed by atoms with van der Waals surface area (Å²) in [5.74, 6) is -0.283. The minimum absolute atomic E-state index is 0.0469. The van der Waals surface area contributed by atoms with E-state index in [1.807, 2.05) is 0 Å². The smallest absolute Gasteiger partial charge is 0.347 e. The van der Waals surface area contributed by atoms with E-state index in [9.17, 15) is 22.8 Å². The van der Waals surface area contributed by atoms with Crippen molar-refractivity contribution in [2.75, 3.05) is 5.32 Å². The number of amides is 2. The lowest BCUT2D eigenvalue weighted by molar-refractivity contribution is -0.137. The Balaban J connectivity index is 1.87. The molecule has 0 aliphatic heterocycles. The maximum absolute atomic E-state index is 12.9. The van der Waals surface area contributed by atoms with Crippen LogP contribution in [0.25, 0.3) is 11.0 Å². The number of aromatic nitrogens is 2. The lowest BCUT2D eigenvalue weighted by Crippen LogP contribution is -2.28. The van der Waals surface area contributed by atoms with Gasteiger partial charge in [-0.25, -0.2) is 4.98 Å². The van der Waals surface area contributed by atoms with Gasteiger partial charge >= 0.3 is 6.18 Å². The minimum atomic E-state index is -4.50. The zero-order valence-electron chi connectivity index (χ0n) is 15.7. The second kappa shape index (κ2) is 7.94. The molecule has 0 aliphatic rings. The van der Waals surface area contributed by atoms with Gasteiger partial charge in [-0.1, -0.05) is 18.2 Å². The molecule has 1 unspecified atom stereocenters. The van der Waals surface area contributed by atoms with Crippen LogP contribution in [0, 0.1) is 0 Å². The van der Waals surface area contributed by atoms with Crippen LogP contribution in [0.3, 0.4) is 0 Å². The highest BCUT2D eigenvalue weighted by molar-refractivity contribution is 5.92. The molecule has 2 amide bonds. The third-order valence-electron chi connectivity index (χ3n) is 4.27. The number of fused-ring (bicyclic) bond motifs is 1. The number of para-hydroxylation sites is 2. The summed E-state index contributed by atoms with van der Waals surface area (Å²) in [6.07, 6.45) is -4.50. The van der Waals surface area contributed by atoms with E-state index in [1.165, 1.54) is 19.1 Å². The lowest BCUT2D eigenvalue weighted by Gasteiger charge is -2.16. The molecule has 152 valence electrons. The molecule has 0 radical (unpaired) electrons. The summed E-state index contributed by atoms with van der Waals surface area (Å²) in [6, 6.07) is 11.1. The largest absolute Gasteiger partial charge is 0.416 e. The first-order valence-electron chi connectivity index (χ1n) is 8.84. The number of alkyl halides is 3. The fourth-order valence-electron chi connectivity index (χ4n) is 3.08. The van der Waals surface area contributed by atoms with Crippen molar-refractivity contribution in [2.45, 2.75) is 32.6 Å². The van der Waals surface area contributed by atoms with Gasteiger partial charge in [0.15, 0.2) is 0 Å². The number of nitrogens with one attached hydrogen (secondary N) is 2. The van der Waals surface area contributed by atoms with Crippen LogP contribution in [0.1, 0.15) is 31.3 Å². The number of halogens is 3. The number of carbonyl (C=O) groups excluding carboxylic acids is 2. The molecule has 0 aliphatic carbocycles. The fraction of sp³-hybridized carbons (Fsp3) is 0.250. The molecule has 0 saturated heterocycles. The number of nitrogens with zero attached hydrogens (tertiary/aromatic N) is 2. The number of carbonyl (C=O) groups is 2. The van der Waals surface area contributed by atoms with Crippen molar-refractivity contribution in [1.82, 2.24) is 14.9 Å². The topological polar surface area (TPSA) is 76.0 Å². The molecule has 3 aromatic rings. The molecular formula is C20H19F3N4O2. The Hall–Kier alpha value is -3.36. The minimum Gasteiger partial charge on any atom is -0.347 e. The van der Waals surface area contributed by atoms with Gasteiger partial charge in [-0.15, -0.1) is 0 Å². The number of benzene rings is 2. The summed E-state index contributed by atoms with van der Waals surface area (Å²) in [5, 5.41) is 5.22. The Bertz CT molecular complexity index is 1060. The van der Waals surface area contributed by atoms with E-state index < -0.39 is 23.7 Å². The van der Waals surface area contributed by atoms with Gasteiger partial charge in [0.1, 0.15) is 12.4 Å². The van der Waals surface area contributed by atoms with Gasteiger partial charge in [0, 0.05) is 12.6 Å². The molecular weight excluding hydrogens is 385 g/mol. The van der Waals surface area contributed by atoms with E-state index in [-0.39, 0.29) is 18.1 Å². The van der Waals surface area contributed by atoms with Crippen LogP contribution < -0.4 is 10.6 Å². The van der Waals surface area contributed by atoms with Crippen LogP contribution >= 0.6 is 0 Å². The van der Waals surface area contributed by atoms with Gasteiger partial charge in [0.25, 0.3) is 0 Å². The molecule has 0 spiro atoms. The first-order chi connectivity index (χ1) is 13.6. The number of imidazole rings is 1. The van der Waals surface area contributed by atoms with E-state index in [0.29, 0.717) is 16.9 Å². The standard InChI is InChI=1S/C20H19F3N4O2/c1-12(24-13(2)28)19-26-16-8-3-4-9-17(16)27(19)11-18(29)25-15-7-5-6-14(10-15)20(21,22)23/h3-10,12H,11H2,1-2H3,(H,24,28)(H,25,29). The molecule has 0 bridgehead atoms. The number of rotatable bonds is 5. The zero-order valence-corrected chi connectivity index (χ0v) is 15.7.